The normalized spacial score (nSPS) is 18.3. The molecule has 6 heteroatoms. The van der Waals surface area contributed by atoms with Crippen molar-refractivity contribution in [1.82, 2.24) is 4.90 Å². The van der Waals surface area contributed by atoms with Gasteiger partial charge in [-0.15, -0.1) is 11.8 Å². The van der Waals surface area contributed by atoms with E-state index < -0.39 is 0 Å². The first-order valence-electron chi connectivity index (χ1n) is 10.1. The summed E-state index contributed by atoms with van der Waals surface area (Å²) in [6.07, 6.45) is 2.51. The molecule has 4 rings (SSSR count). The lowest BCUT2D eigenvalue weighted by Crippen LogP contribution is -2.53. The van der Waals surface area contributed by atoms with Gasteiger partial charge in [-0.2, -0.15) is 0 Å². The number of carbonyl (C=O) groups excluding carboxylic acids is 2. The van der Waals surface area contributed by atoms with E-state index in [2.05, 4.69) is 6.92 Å². The topological polar surface area (TPSA) is 49.9 Å². The summed E-state index contributed by atoms with van der Waals surface area (Å²) in [5.41, 5.74) is 2.87. The Kier molecular flexibility index (Phi) is 5.54. The third kappa shape index (κ3) is 3.73. The van der Waals surface area contributed by atoms with Gasteiger partial charge in [-0.3, -0.25) is 14.5 Å². The van der Waals surface area contributed by atoms with Gasteiger partial charge in [-0.05, 0) is 61.2 Å². The number of methoxy groups -OCH3 is 1. The molecule has 1 spiro atoms. The van der Waals surface area contributed by atoms with E-state index in [1.807, 2.05) is 58.3 Å². The van der Waals surface area contributed by atoms with Crippen LogP contribution in [-0.2, 0) is 11.2 Å². The summed E-state index contributed by atoms with van der Waals surface area (Å²) in [6, 6.07) is 15.5. The monoisotopic (exact) mass is 410 g/mol. The molecule has 0 saturated carbocycles. The Hall–Kier alpha value is -2.47. The van der Waals surface area contributed by atoms with Gasteiger partial charge in [0.05, 0.1) is 17.7 Å². The largest absolute Gasteiger partial charge is 0.497 e. The number of piperidine rings is 1. The summed E-state index contributed by atoms with van der Waals surface area (Å²) in [5, 5.41) is 0. The number of carbonyl (C=O) groups is 2. The van der Waals surface area contributed by atoms with Gasteiger partial charge in [0, 0.05) is 24.3 Å². The maximum atomic E-state index is 12.9. The summed E-state index contributed by atoms with van der Waals surface area (Å²) in [4.78, 5) is 29.2. The van der Waals surface area contributed by atoms with Gasteiger partial charge >= 0.3 is 0 Å². The van der Waals surface area contributed by atoms with E-state index in [4.69, 9.17) is 4.74 Å². The lowest BCUT2D eigenvalue weighted by Gasteiger charge is -2.44. The number of hydrogen-bond donors (Lipinski definition) is 0. The maximum Gasteiger partial charge on any atom is 0.253 e. The van der Waals surface area contributed by atoms with Crippen LogP contribution in [0, 0.1) is 0 Å². The van der Waals surface area contributed by atoms with Gasteiger partial charge in [0.2, 0.25) is 5.91 Å². The number of nitrogens with zero attached hydrogens (tertiary/aromatic N) is 2. The van der Waals surface area contributed by atoms with Gasteiger partial charge in [-0.25, -0.2) is 0 Å². The lowest BCUT2D eigenvalue weighted by molar-refractivity contribution is -0.116. The number of likely N-dealkylation sites (tertiary alicyclic amines) is 1. The highest BCUT2D eigenvalue weighted by atomic mass is 32.2. The molecule has 2 aromatic carbocycles. The van der Waals surface area contributed by atoms with Crippen molar-refractivity contribution in [2.75, 3.05) is 30.9 Å². The first-order chi connectivity index (χ1) is 14.1. The van der Waals surface area contributed by atoms with E-state index in [0.717, 1.165) is 36.3 Å². The molecule has 2 amide bonds. The Balaban J connectivity index is 1.48. The lowest BCUT2D eigenvalue weighted by atomic mass is 10.00. The molecule has 0 bridgehead atoms. The maximum absolute atomic E-state index is 12.9. The summed E-state index contributed by atoms with van der Waals surface area (Å²) in [7, 11) is 1.63. The SMILES string of the molecule is CCc1ccc(C(=O)N2CCC3(CC2)SCC(=O)N3c2ccc(OC)cc2)cc1. The van der Waals surface area contributed by atoms with Gasteiger partial charge in [0.1, 0.15) is 5.75 Å². The second kappa shape index (κ2) is 8.11. The molecule has 5 nitrogen and oxygen atoms in total. The number of benzene rings is 2. The number of thioether (sulfide) groups is 1. The molecule has 2 heterocycles. The van der Waals surface area contributed by atoms with Crippen LogP contribution in [0.25, 0.3) is 0 Å². The molecule has 2 saturated heterocycles. The summed E-state index contributed by atoms with van der Waals surface area (Å²) in [5.74, 6) is 1.47. The summed E-state index contributed by atoms with van der Waals surface area (Å²) < 4.78 is 5.24. The van der Waals surface area contributed by atoms with Crippen molar-refractivity contribution < 1.29 is 14.3 Å². The molecular weight excluding hydrogens is 384 g/mol. The fourth-order valence-corrected chi connectivity index (χ4v) is 5.48. The predicted octanol–water partition coefficient (Wildman–Crippen LogP) is 3.97. The Morgan fingerprint density at radius 3 is 2.31 bits per heavy atom. The molecule has 2 aliphatic heterocycles. The van der Waals surface area contributed by atoms with Crippen LogP contribution in [-0.4, -0.2) is 47.5 Å². The smallest absolute Gasteiger partial charge is 0.253 e. The third-order valence-electron chi connectivity index (χ3n) is 5.89. The highest BCUT2D eigenvalue weighted by Crippen LogP contribution is 2.47. The molecule has 0 unspecified atom stereocenters. The molecule has 29 heavy (non-hydrogen) atoms. The molecule has 0 atom stereocenters. The molecule has 2 fully saturated rings. The summed E-state index contributed by atoms with van der Waals surface area (Å²) in [6.45, 7) is 3.42. The van der Waals surface area contributed by atoms with Gasteiger partial charge in [0.15, 0.2) is 0 Å². The minimum absolute atomic E-state index is 0.0767. The van der Waals surface area contributed by atoms with Crippen LogP contribution in [0.1, 0.15) is 35.7 Å². The average Bonchev–Trinajstić information content (AvgIpc) is 3.09. The van der Waals surface area contributed by atoms with Crippen LogP contribution in [0.4, 0.5) is 5.69 Å². The highest BCUT2D eigenvalue weighted by molar-refractivity contribution is 8.02. The van der Waals surface area contributed by atoms with Crippen molar-refractivity contribution in [2.24, 2.45) is 0 Å². The van der Waals surface area contributed by atoms with E-state index >= 15 is 0 Å². The number of anilines is 1. The second-order valence-electron chi connectivity index (χ2n) is 7.50. The zero-order valence-corrected chi connectivity index (χ0v) is 17.7. The fraction of sp³-hybridized carbons (Fsp3) is 0.391. The van der Waals surface area contributed by atoms with Crippen LogP contribution < -0.4 is 9.64 Å². The van der Waals surface area contributed by atoms with Crippen LogP contribution in [0.5, 0.6) is 5.75 Å². The van der Waals surface area contributed by atoms with Crippen LogP contribution in [0.2, 0.25) is 0 Å². The van der Waals surface area contributed by atoms with Crippen molar-refractivity contribution in [3.8, 4) is 5.75 Å². The molecule has 0 radical (unpaired) electrons. The Morgan fingerprint density at radius 2 is 1.72 bits per heavy atom. The number of ether oxygens (including phenoxy) is 1. The average molecular weight is 411 g/mol. The molecule has 152 valence electrons. The Bertz CT molecular complexity index is 887. The molecule has 0 aromatic heterocycles. The van der Waals surface area contributed by atoms with E-state index in [1.54, 1.807) is 18.9 Å². The standard InChI is InChI=1S/C23H26N2O3S/c1-3-17-4-6-18(7-5-17)22(27)24-14-12-23(13-15-24)25(21(26)16-29-23)19-8-10-20(28-2)11-9-19/h4-11H,3,12-16H2,1-2H3. The molecule has 0 N–H and O–H groups in total. The first kappa shape index (κ1) is 19.8. The van der Waals surface area contributed by atoms with Crippen LogP contribution in [0.3, 0.4) is 0 Å². The van der Waals surface area contributed by atoms with Crippen molar-refractivity contribution in [1.29, 1.82) is 0 Å². The van der Waals surface area contributed by atoms with Crippen LogP contribution in [0.15, 0.2) is 48.5 Å². The Morgan fingerprint density at radius 1 is 1.07 bits per heavy atom. The highest BCUT2D eigenvalue weighted by Gasteiger charge is 2.49. The van der Waals surface area contributed by atoms with E-state index in [0.29, 0.717) is 18.8 Å². The number of hydrogen-bond acceptors (Lipinski definition) is 4. The van der Waals surface area contributed by atoms with E-state index in [-0.39, 0.29) is 16.7 Å². The molecule has 0 aliphatic carbocycles. The van der Waals surface area contributed by atoms with Gasteiger partial charge in [0.25, 0.3) is 5.91 Å². The second-order valence-corrected chi connectivity index (χ2v) is 8.84. The van der Waals surface area contributed by atoms with E-state index in [9.17, 15) is 9.59 Å². The van der Waals surface area contributed by atoms with E-state index in [1.165, 1.54) is 5.56 Å². The minimum atomic E-state index is -0.269. The van der Waals surface area contributed by atoms with Gasteiger partial charge < -0.3 is 9.64 Å². The fourth-order valence-electron chi connectivity index (χ4n) is 4.16. The van der Waals surface area contributed by atoms with Crippen molar-refractivity contribution in [2.45, 2.75) is 31.1 Å². The number of amides is 2. The minimum Gasteiger partial charge on any atom is -0.497 e. The van der Waals surface area contributed by atoms with Gasteiger partial charge in [-0.1, -0.05) is 19.1 Å². The zero-order chi connectivity index (χ0) is 20.4. The Labute approximate surface area is 176 Å². The van der Waals surface area contributed by atoms with Crippen molar-refractivity contribution in [3.05, 3.63) is 59.7 Å². The first-order valence-corrected chi connectivity index (χ1v) is 11.0. The summed E-state index contributed by atoms with van der Waals surface area (Å²) >= 11 is 1.71. The molecular formula is C23H26N2O3S. The van der Waals surface area contributed by atoms with Crippen molar-refractivity contribution >= 4 is 29.3 Å². The quantitative estimate of drug-likeness (QED) is 0.765. The third-order valence-corrected chi connectivity index (χ3v) is 7.41. The van der Waals surface area contributed by atoms with Crippen molar-refractivity contribution in [3.63, 3.8) is 0 Å². The predicted molar refractivity (Wildman–Crippen MR) is 117 cm³/mol. The number of rotatable bonds is 4. The number of aryl methyl sites for hydroxylation is 1. The molecule has 2 aliphatic rings. The van der Waals surface area contributed by atoms with Crippen LogP contribution >= 0.6 is 11.8 Å². The molecule has 2 aromatic rings. The zero-order valence-electron chi connectivity index (χ0n) is 16.9.